The number of rotatable bonds is 0. The lowest BCUT2D eigenvalue weighted by molar-refractivity contribution is 0.510. The molecule has 0 bridgehead atoms. The summed E-state index contributed by atoms with van der Waals surface area (Å²) in [4.78, 5) is 4.52. The molecule has 0 amide bonds. The lowest BCUT2D eigenvalue weighted by atomic mass is 9.78. The van der Waals surface area contributed by atoms with Gasteiger partial charge in [0.25, 0.3) is 0 Å². The topological polar surface area (TPSA) is 38.7 Å². The third-order valence-electron chi connectivity index (χ3n) is 2.98. The summed E-state index contributed by atoms with van der Waals surface area (Å²) in [6.45, 7) is 13.1. The molecule has 18 heavy (non-hydrogen) atoms. The summed E-state index contributed by atoms with van der Waals surface area (Å²) in [6, 6.07) is 3.87. The van der Waals surface area contributed by atoms with E-state index in [1.54, 1.807) is 0 Å². The van der Waals surface area contributed by atoms with Gasteiger partial charge >= 0.3 is 0 Å². The van der Waals surface area contributed by atoms with E-state index >= 15 is 0 Å². The van der Waals surface area contributed by atoms with E-state index in [-0.39, 0.29) is 10.8 Å². The molecule has 0 unspecified atom stereocenters. The maximum Gasteiger partial charge on any atom is 0.112 e. The largest absolute Gasteiger partial charge is 0.254 e. The van der Waals surface area contributed by atoms with Gasteiger partial charge in [-0.2, -0.15) is 5.10 Å². The van der Waals surface area contributed by atoms with Crippen LogP contribution in [0.2, 0.25) is 0 Å². The molecule has 2 aromatic heterocycles. The first-order chi connectivity index (χ1) is 8.21. The minimum absolute atomic E-state index is 0.00512. The van der Waals surface area contributed by atoms with Gasteiger partial charge in [0.15, 0.2) is 0 Å². The van der Waals surface area contributed by atoms with E-state index in [2.05, 4.69) is 56.7 Å². The highest BCUT2D eigenvalue weighted by Gasteiger charge is 2.29. The van der Waals surface area contributed by atoms with Gasteiger partial charge in [0, 0.05) is 17.2 Å². The number of aromatic nitrogens is 3. The smallest absolute Gasteiger partial charge is 0.112 e. The Hall–Kier alpha value is -1.51. The summed E-state index contributed by atoms with van der Waals surface area (Å²) < 4.78 is 0. The summed E-state index contributed by atoms with van der Waals surface area (Å²) >= 11 is 0. The van der Waals surface area contributed by atoms with E-state index in [1.807, 2.05) is 18.3 Å². The van der Waals surface area contributed by atoms with Crippen LogP contribution >= 0.6 is 0 Å². The first-order valence-corrected chi connectivity index (χ1v) is 6.33. The second-order valence-electron chi connectivity index (χ2n) is 6.79. The van der Waals surface area contributed by atoms with Crippen molar-refractivity contribution < 1.29 is 0 Å². The number of hydrogen-bond donors (Lipinski definition) is 0. The second-order valence-corrected chi connectivity index (χ2v) is 6.79. The highest BCUT2D eigenvalue weighted by molar-refractivity contribution is 5.79. The summed E-state index contributed by atoms with van der Waals surface area (Å²) in [7, 11) is 0. The van der Waals surface area contributed by atoms with Gasteiger partial charge in [0.05, 0.1) is 11.2 Å². The molecule has 3 heteroatoms. The van der Waals surface area contributed by atoms with Crippen molar-refractivity contribution in [2.75, 3.05) is 0 Å². The molecule has 0 radical (unpaired) electrons. The molecule has 2 heterocycles. The van der Waals surface area contributed by atoms with Crippen LogP contribution < -0.4 is 0 Å². The van der Waals surface area contributed by atoms with Crippen molar-refractivity contribution >= 4 is 11.0 Å². The number of nitrogens with zero attached hydrogens (tertiary/aromatic N) is 3. The van der Waals surface area contributed by atoms with Gasteiger partial charge < -0.3 is 0 Å². The summed E-state index contributed by atoms with van der Waals surface area (Å²) in [5, 5.41) is 8.76. The van der Waals surface area contributed by atoms with Crippen LogP contribution in [0.3, 0.4) is 0 Å². The third kappa shape index (κ3) is 2.22. The van der Waals surface area contributed by atoms with E-state index in [0.29, 0.717) is 0 Å². The standard InChI is InChI=1S/C15H21N3/c1-14(2,3)11-12-10(8-7-9-16-12)17-18-13(11)15(4,5)6/h7-9H,1-6H3. The minimum atomic E-state index is -0.0265. The molecule has 0 saturated heterocycles. The van der Waals surface area contributed by atoms with Crippen molar-refractivity contribution in [3.63, 3.8) is 0 Å². The van der Waals surface area contributed by atoms with Crippen molar-refractivity contribution in [1.29, 1.82) is 0 Å². The van der Waals surface area contributed by atoms with Gasteiger partial charge in [-0.3, -0.25) is 4.98 Å². The lowest BCUT2D eigenvalue weighted by Gasteiger charge is -2.28. The zero-order valence-corrected chi connectivity index (χ0v) is 12.1. The zero-order valence-electron chi connectivity index (χ0n) is 12.1. The summed E-state index contributed by atoms with van der Waals surface area (Å²) in [6.07, 6.45) is 1.83. The van der Waals surface area contributed by atoms with Crippen LogP contribution in [0, 0.1) is 0 Å². The Bertz CT molecular complexity index is 574. The number of fused-ring (bicyclic) bond motifs is 1. The Balaban J connectivity index is 2.89. The Morgan fingerprint density at radius 2 is 1.56 bits per heavy atom. The van der Waals surface area contributed by atoms with Crippen molar-refractivity contribution in [2.24, 2.45) is 0 Å². The Morgan fingerprint density at radius 1 is 0.889 bits per heavy atom. The van der Waals surface area contributed by atoms with Crippen LogP contribution in [-0.2, 0) is 10.8 Å². The van der Waals surface area contributed by atoms with E-state index in [1.165, 1.54) is 5.56 Å². The highest BCUT2D eigenvalue weighted by Crippen LogP contribution is 2.35. The van der Waals surface area contributed by atoms with Crippen LogP contribution in [0.5, 0.6) is 0 Å². The Labute approximate surface area is 109 Å². The van der Waals surface area contributed by atoms with Crippen LogP contribution in [0.25, 0.3) is 11.0 Å². The van der Waals surface area contributed by atoms with Crippen molar-refractivity contribution in [1.82, 2.24) is 15.2 Å². The maximum atomic E-state index is 4.52. The number of hydrogen-bond acceptors (Lipinski definition) is 3. The monoisotopic (exact) mass is 243 g/mol. The molecule has 0 aliphatic carbocycles. The molecule has 0 aromatic carbocycles. The maximum absolute atomic E-state index is 4.52. The van der Waals surface area contributed by atoms with Gasteiger partial charge in [-0.1, -0.05) is 41.5 Å². The van der Waals surface area contributed by atoms with E-state index in [9.17, 15) is 0 Å². The molecule has 0 atom stereocenters. The van der Waals surface area contributed by atoms with Gasteiger partial charge in [-0.15, -0.1) is 5.10 Å². The average Bonchev–Trinajstić information content (AvgIpc) is 2.24. The van der Waals surface area contributed by atoms with Crippen molar-refractivity contribution in [3.05, 3.63) is 29.6 Å². The molecule has 0 fully saturated rings. The van der Waals surface area contributed by atoms with Crippen molar-refractivity contribution in [3.8, 4) is 0 Å². The molecule has 0 spiro atoms. The Morgan fingerprint density at radius 3 is 2.11 bits per heavy atom. The first-order valence-electron chi connectivity index (χ1n) is 6.33. The molecule has 2 rings (SSSR count). The third-order valence-corrected chi connectivity index (χ3v) is 2.98. The predicted octanol–water partition coefficient (Wildman–Crippen LogP) is 3.62. The normalized spacial score (nSPS) is 13.0. The quantitative estimate of drug-likeness (QED) is 0.709. The van der Waals surface area contributed by atoms with Gasteiger partial charge in [0.1, 0.15) is 5.52 Å². The molecule has 96 valence electrons. The second kappa shape index (κ2) is 4.01. The fourth-order valence-corrected chi connectivity index (χ4v) is 2.17. The van der Waals surface area contributed by atoms with Gasteiger partial charge in [-0.25, -0.2) is 0 Å². The van der Waals surface area contributed by atoms with Gasteiger partial charge in [-0.05, 0) is 17.5 Å². The molecule has 0 aliphatic rings. The summed E-state index contributed by atoms with van der Waals surface area (Å²) in [5.41, 5.74) is 4.08. The van der Waals surface area contributed by atoms with Crippen LogP contribution in [0.15, 0.2) is 18.3 Å². The molecule has 2 aromatic rings. The molecule has 3 nitrogen and oxygen atoms in total. The Kier molecular flexibility index (Phi) is 2.88. The molecule has 0 aliphatic heterocycles. The fourth-order valence-electron chi connectivity index (χ4n) is 2.17. The predicted molar refractivity (Wildman–Crippen MR) is 74.7 cm³/mol. The van der Waals surface area contributed by atoms with E-state index < -0.39 is 0 Å². The number of pyridine rings is 1. The summed E-state index contributed by atoms with van der Waals surface area (Å²) in [5.74, 6) is 0. The fraction of sp³-hybridized carbons (Fsp3) is 0.533. The highest BCUT2D eigenvalue weighted by atomic mass is 15.1. The molecular weight excluding hydrogens is 222 g/mol. The van der Waals surface area contributed by atoms with E-state index in [0.717, 1.165) is 16.7 Å². The SMILES string of the molecule is CC(C)(C)c1nnc2cccnc2c1C(C)(C)C. The molecule has 0 saturated carbocycles. The zero-order chi connectivity index (χ0) is 13.6. The minimum Gasteiger partial charge on any atom is -0.254 e. The van der Waals surface area contributed by atoms with Crippen molar-refractivity contribution in [2.45, 2.75) is 52.4 Å². The molecule has 0 N–H and O–H groups in total. The lowest BCUT2D eigenvalue weighted by Crippen LogP contribution is -2.25. The average molecular weight is 243 g/mol. The van der Waals surface area contributed by atoms with E-state index in [4.69, 9.17) is 0 Å². The van der Waals surface area contributed by atoms with Crippen LogP contribution in [0.4, 0.5) is 0 Å². The van der Waals surface area contributed by atoms with Crippen LogP contribution in [0.1, 0.15) is 52.8 Å². The van der Waals surface area contributed by atoms with Crippen LogP contribution in [-0.4, -0.2) is 15.2 Å². The van der Waals surface area contributed by atoms with Gasteiger partial charge in [0.2, 0.25) is 0 Å². The first kappa shape index (κ1) is 12.9. The molecular formula is C15H21N3.